The summed E-state index contributed by atoms with van der Waals surface area (Å²) in [6.07, 6.45) is 3.63. The quantitative estimate of drug-likeness (QED) is 0.904. The molecule has 0 bridgehead atoms. The Bertz CT molecular complexity index is 491. The van der Waals surface area contributed by atoms with E-state index in [1.54, 1.807) is 0 Å². The first kappa shape index (κ1) is 12.8. The van der Waals surface area contributed by atoms with E-state index in [1.165, 1.54) is 6.42 Å². The number of amides is 1. The summed E-state index contributed by atoms with van der Waals surface area (Å²) in [5, 5.41) is 3.18. The molecule has 104 valence electrons. The lowest BCUT2D eigenvalue weighted by Gasteiger charge is -2.32. The molecule has 1 N–H and O–H groups in total. The van der Waals surface area contributed by atoms with Crippen LogP contribution in [0.5, 0.6) is 0 Å². The van der Waals surface area contributed by atoms with Crippen molar-refractivity contribution in [2.45, 2.75) is 57.9 Å². The van der Waals surface area contributed by atoms with E-state index in [2.05, 4.69) is 38.2 Å². The lowest BCUT2D eigenvalue weighted by molar-refractivity contribution is -0.120. The van der Waals surface area contributed by atoms with E-state index in [9.17, 15) is 4.79 Å². The number of carbonyl (C=O) groups excluding carboxylic acids is 1. The van der Waals surface area contributed by atoms with Crippen LogP contribution >= 0.6 is 0 Å². The van der Waals surface area contributed by atoms with E-state index in [4.69, 9.17) is 4.42 Å². The van der Waals surface area contributed by atoms with Crippen LogP contribution in [0.1, 0.15) is 57.5 Å². The molecule has 1 aliphatic heterocycles. The van der Waals surface area contributed by atoms with Crippen LogP contribution in [0.2, 0.25) is 0 Å². The summed E-state index contributed by atoms with van der Waals surface area (Å²) in [7, 11) is 0. The summed E-state index contributed by atoms with van der Waals surface area (Å²) < 4.78 is 6.00. The SMILES string of the molecule is CC1CC1c1ccc(CC2(C(C)C)CCC(=O)N2)o1. The van der Waals surface area contributed by atoms with Crippen LogP contribution in [0, 0.1) is 11.8 Å². The molecule has 2 aliphatic rings. The Kier molecular flexibility index (Phi) is 2.95. The molecular formula is C16H23NO2. The van der Waals surface area contributed by atoms with Gasteiger partial charge in [-0.25, -0.2) is 0 Å². The number of rotatable bonds is 4. The smallest absolute Gasteiger partial charge is 0.220 e. The summed E-state index contributed by atoms with van der Waals surface area (Å²) in [5.41, 5.74) is -0.110. The number of carbonyl (C=O) groups is 1. The highest BCUT2D eigenvalue weighted by molar-refractivity contribution is 5.79. The first-order valence-corrected chi connectivity index (χ1v) is 7.40. The van der Waals surface area contributed by atoms with Crippen LogP contribution in [0.4, 0.5) is 0 Å². The average Bonchev–Trinajstić information content (AvgIpc) is 2.77. The van der Waals surface area contributed by atoms with Gasteiger partial charge in [0.2, 0.25) is 5.91 Å². The Morgan fingerprint density at radius 1 is 1.47 bits per heavy atom. The van der Waals surface area contributed by atoms with E-state index in [1.807, 2.05) is 0 Å². The van der Waals surface area contributed by atoms with Crippen molar-refractivity contribution in [3.05, 3.63) is 23.7 Å². The Morgan fingerprint density at radius 2 is 2.21 bits per heavy atom. The molecule has 2 heterocycles. The van der Waals surface area contributed by atoms with Gasteiger partial charge in [-0.15, -0.1) is 0 Å². The lowest BCUT2D eigenvalue weighted by Crippen LogP contribution is -2.48. The third kappa shape index (κ3) is 2.31. The van der Waals surface area contributed by atoms with E-state index in [0.29, 0.717) is 18.3 Å². The number of hydrogen-bond donors (Lipinski definition) is 1. The molecule has 2 fully saturated rings. The maximum Gasteiger partial charge on any atom is 0.220 e. The normalized spacial score (nSPS) is 33.8. The second-order valence-electron chi connectivity index (χ2n) is 6.66. The van der Waals surface area contributed by atoms with Gasteiger partial charge in [-0.2, -0.15) is 0 Å². The van der Waals surface area contributed by atoms with Crippen molar-refractivity contribution in [1.29, 1.82) is 0 Å². The Morgan fingerprint density at radius 3 is 2.74 bits per heavy atom. The molecule has 0 spiro atoms. The van der Waals surface area contributed by atoms with E-state index >= 15 is 0 Å². The summed E-state index contributed by atoms with van der Waals surface area (Å²) in [5.74, 6) is 4.14. The molecule has 3 rings (SSSR count). The predicted molar refractivity (Wildman–Crippen MR) is 73.9 cm³/mol. The van der Waals surface area contributed by atoms with Crippen LogP contribution in [-0.2, 0) is 11.2 Å². The van der Waals surface area contributed by atoms with Gasteiger partial charge >= 0.3 is 0 Å². The standard InChI is InChI=1S/C16H23NO2/c1-10(2)16(7-6-15(18)17-16)9-12-4-5-14(19-12)13-8-11(13)3/h4-5,10-11,13H,6-9H2,1-3H3,(H,17,18). The molecule has 3 atom stereocenters. The molecule has 0 aromatic carbocycles. The zero-order valence-electron chi connectivity index (χ0n) is 12.0. The zero-order valence-corrected chi connectivity index (χ0v) is 12.0. The van der Waals surface area contributed by atoms with E-state index in [-0.39, 0.29) is 11.4 Å². The molecule has 1 saturated carbocycles. The minimum atomic E-state index is -0.110. The fourth-order valence-electron chi connectivity index (χ4n) is 3.23. The largest absolute Gasteiger partial charge is 0.466 e. The maximum absolute atomic E-state index is 11.6. The number of furan rings is 1. The van der Waals surface area contributed by atoms with Crippen molar-refractivity contribution >= 4 is 5.91 Å². The Labute approximate surface area is 114 Å². The minimum Gasteiger partial charge on any atom is -0.466 e. The minimum absolute atomic E-state index is 0.110. The monoisotopic (exact) mass is 261 g/mol. The molecule has 3 heteroatoms. The molecule has 1 amide bonds. The van der Waals surface area contributed by atoms with Crippen molar-refractivity contribution in [3.8, 4) is 0 Å². The van der Waals surface area contributed by atoms with Crippen molar-refractivity contribution in [2.24, 2.45) is 11.8 Å². The third-order valence-corrected chi connectivity index (χ3v) is 4.94. The highest BCUT2D eigenvalue weighted by atomic mass is 16.3. The van der Waals surface area contributed by atoms with Crippen LogP contribution < -0.4 is 5.32 Å². The van der Waals surface area contributed by atoms with E-state index in [0.717, 1.165) is 30.3 Å². The van der Waals surface area contributed by atoms with Crippen molar-refractivity contribution in [2.75, 3.05) is 0 Å². The number of hydrogen-bond acceptors (Lipinski definition) is 2. The molecule has 1 saturated heterocycles. The average molecular weight is 261 g/mol. The van der Waals surface area contributed by atoms with Crippen LogP contribution in [0.3, 0.4) is 0 Å². The van der Waals surface area contributed by atoms with Gasteiger partial charge in [-0.1, -0.05) is 20.8 Å². The molecule has 0 radical (unpaired) electrons. The molecular weight excluding hydrogens is 238 g/mol. The summed E-state index contributed by atoms with van der Waals surface area (Å²) in [4.78, 5) is 11.6. The van der Waals surface area contributed by atoms with Gasteiger partial charge in [-0.05, 0) is 36.8 Å². The zero-order chi connectivity index (χ0) is 13.6. The molecule has 3 unspecified atom stereocenters. The molecule has 1 aromatic heterocycles. The van der Waals surface area contributed by atoms with Gasteiger partial charge in [-0.3, -0.25) is 4.79 Å². The first-order valence-electron chi connectivity index (χ1n) is 7.40. The van der Waals surface area contributed by atoms with Crippen LogP contribution in [0.25, 0.3) is 0 Å². The third-order valence-electron chi connectivity index (χ3n) is 4.94. The predicted octanol–water partition coefficient (Wildman–Crippen LogP) is 3.25. The topological polar surface area (TPSA) is 42.2 Å². The molecule has 1 aromatic rings. The number of nitrogens with one attached hydrogen (secondary N) is 1. The maximum atomic E-state index is 11.6. The van der Waals surface area contributed by atoms with E-state index < -0.39 is 0 Å². The van der Waals surface area contributed by atoms with Crippen molar-refractivity contribution in [3.63, 3.8) is 0 Å². The molecule has 19 heavy (non-hydrogen) atoms. The second-order valence-corrected chi connectivity index (χ2v) is 6.66. The van der Waals surface area contributed by atoms with Gasteiger partial charge in [0.1, 0.15) is 11.5 Å². The van der Waals surface area contributed by atoms with Gasteiger partial charge in [0.05, 0.1) is 0 Å². The first-order chi connectivity index (χ1) is 9.00. The second kappa shape index (κ2) is 4.39. The summed E-state index contributed by atoms with van der Waals surface area (Å²) in [6.45, 7) is 6.62. The van der Waals surface area contributed by atoms with Crippen molar-refractivity contribution in [1.82, 2.24) is 5.32 Å². The van der Waals surface area contributed by atoms with Gasteiger partial charge < -0.3 is 9.73 Å². The van der Waals surface area contributed by atoms with Gasteiger partial charge in [0.15, 0.2) is 0 Å². The Balaban J connectivity index is 1.75. The highest BCUT2D eigenvalue weighted by Crippen LogP contribution is 2.47. The van der Waals surface area contributed by atoms with Crippen LogP contribution in [0.15, 0.2) is 16.5 Å². The lowest BCUT2D eigenvalue weighted by atomic mass is 9.81. The van der Waals surface area contributed by atoms with Crippen LogP contribution in [-0.4, -0.2) is 11.4 Å². The van der Waals surface area contributed by atoms with Crippen molar-refractivity contribution < 1.29 is 9.21 Å². The fourth-order valence-corrected chi connectivity index (χ4v) is 3.23. The highest BCUT2D eigenvalue weighted by Gasteiger charge is 2.42. The summed E-state index contributed by atoms with van der Waals surface area (Å²) in [6, 6.07) is 4.21. The fraction of sp³-hybridized carbons (Fsp3) is 0.688. The Hall–Kier alpha value is -1.25. The van der Waals surface area contributed by atoms with Gasteiger partial charge in [0, 0.05) is 24.3 Å². The summed E-state index contributed by atoms with van der Waals surface area (Å²) >= 11 is 0. The molecule has 3 nitrogen and oxygen atoms in total. The van der Waals surface area contributed by atoms with Gasteiger partial charge in [0.25, 0.3) is 0 Å². The molecule has 1 aliphatic carbocycles.